The molecule has 6 nitrogen and oxygen atoms in total. The lowest BCUT2D eigenvalue weighted by Gasteiger charge is -2.28. The van der Waals surface area contributed by atoms with Crippen LogP contribution >= 0.6 is 0 Å². The minimum atomic E-state index is -0.347. The molecule has 1 heterocycles. The first-order chi connectivity index (χ1) is 11.5. The van der Waals surface area contributed by atoms with Gasteiger partial charge in [0.05, 0.1) is 5.69 Å². The highest BCUT2D eigenvalue weighted by molar-refractivity contribution is 6.05. The standard InChI is InChI=1S/C18H16N2O4/c1-12(21)13-5-4-6-14(9-13)19-17(22)10-20-15-7-2-3-8-16(15)24-11-18(20)23/h2-9H,10-11H2,1H3,(H,19,22). The number of rotatable bonds is 4. The zero-order valence-electron chi connectivity index (χ0n) is 13.1. The highest BCUT2D eigenvalue weighted by Crippen LogP contribution is 2.31. The molecule has 0 aromatic heterocycles. The topological polar surface area (TPSA) is 75.7 Å². The number of amides is 2. The molecule has 0 saturated heterocycles. The van der Waals surface area contributed by atoms with Crippen LogP contribution in [0.2, 0.25) is 0 Å². The number of carbonyl (C=O) groups is 3. The molecule has 1 N–H and O–H groups in total. The summed E-state index contributed by atoms with van der Waals surface area (Å²) < 4.78 is 5.35. The lowest BCUT2D eigenvalue weighted by molar-refractivity contribution is -0.123. The third-order valence-corrected chi connectivity index (χ3v) is 3.66. The molecule has 0 saturated carbocycles. The molecule has 24 heavy (non-hydrogen) atoms. The van der Waals surface area contributed by atoms with E-state index in [4.69, 9.17) is 4.74 Å². The maximum Gasteiger partial charge on any atom is 0.265 e. The Morgan fingerprint density at radius 3 is 2.75 bits per heavy atom. The van der Waals surface area contributed by atoms with Crippen LogP contribution in [0.4, 0.5) is 11.4 Å². The summed E-state index contributed by atoms with van der Waals surface area (Å²) in [5, 5.41) is 2.71. The van der Waals surface area contributed by atoms with Crippen molar-refractivity contribution in [3.63, 3.8) is 0 Å². The van der Waals surface area contributed by atoms with Crippen LogP contribution < -0.4 is 15.0 Å². The summed E-state index contributed by atoms with van der Waals surface area (Å²) >= 11 is 0. The molecule has 1 aliphatic heterocycles. The maximum atomic E-state index is 12.3. The van der Waals surface area contributed by atoms with Gasteiger partial charge < -0.3 is 10.1 Å². The molecule has 0 radical (unpaired) electrons. The third-order valence-electron chi connectivity index (χ3n) is 3.66. The van der Waals surface area contributed by atoms with E-state index in [1.807, 2.05) is 0 Å². The Bertz CT molecular complexity index is 816. The van der Waals surface area contributed by atoms with Crippen molar-refractivity contribution in [2.75, 3.05) is 23.4 Å². The van der Waals surface area contributed by atoms with Gasteiger partial charge >= 0.3 is 0 Å². The smallest absolute Gasteiger partial charge is 0.265 e. The van der Waals surface area contributed by atoms with Crippen molar-refractivity contribution in [3.05, 3.63) is 54.1 Å². The van der Waals surface area contributed by atoms with Crippen molar-refractivity contribution >= 4 is 29.0 Å². The normalized spacial score (nSPS) is 13.0. The summed E-state index contributed by atoms with van der Waals surface area (Å²) in [6.45, 7) is 1.25. The van der Waals surface area contributed by atoms with Crippen LogP contribution in [-0.4, -0.2) is 30.7 Å². The largest absolute Gasteiger partial charge is 0.482 e. The van der Waals surface area contributed by atoms with Gasteiger partial charge in [0.1, 0.15) is 12.3 Å². The number of benzene rings is 2. The molecule has 0 spiro atoms. The average molecular weight is 324 g/mol. The Hall–Kier alpha value is -3.15. The van der Waals surface area contributed by atoms with Crippen molar-refractivity contribution in [1.82, 2.24) is 0 Å². The SMILES string of the molecule is CC(=O)c1cccc(NC(=O)CN2C(=O)COc3ccccc32)c1. The highest BCUT2D eigenvalue weighted by atomic mass is 16.5. The quantitative estimate of drug-likeness (QED) is 0.875. The second-order valence-corrected chi connectivity index (χ2v) is 5.42. The number of nitrogens with zero attached hydrogens (tertiary/aromatic N) is 1. The lowest BCUT2D eigenvalue weighted by atomic mass is 10.1. The van der Waals surface area contributed by atoms with E-state index >= 15 is 0 Å². The first kappa shape index (κ1) is 15.7. The van der Waals surface area contributed by atoms with Crippen LogP contribution in [-0.2, 0) is 9.59 Å². The lowest BCUT2D eigenvalue weighted by Crippen LogP contribution is -2.43. The number of Topliss-reactive ketones (excluding diaryl/α,β-unsaturated/α-hetero) is 1. The molecule has 6 heteroatoms. The molecule has 2 aromatic carbocycles. The van der Waals surface area contributed by atoms with E-state index in [2.05, 4.69) is 5.32 Å². The second-order valence-electron chi connectivity index (χ2n) is 5.42. The summed E-state index contributed by atoms with van der Waals surface area (Å²) in [5.74, 6) is -0.131. The van der Waals surface area contributed by atoms with E-state index in [0.717, 1.165) is 0 Å². The first-order valence-corrected chi connectivity index (χ1v) is 7.47. The van der Waals surface area contributed by atoms with Crippen LogP contribution in [0.1, 0.15) is 17.3 Å². The molecule has 3 rings (SSSR count). The molecule has 0 bridgehead atoms. The molecule has 122 valence electrons. The summed E-state index contributed by atoms with van der Waals surface area (Å²) in [6, 6.07) is 13.7. The number of fused-ring (bicyclic) bond motifs is 1. The molecule has 0 aliphatic carbocycles. The average Bonchev–Trinajstić information content (AvgIpc) is 2.57. The van der Waals surface area contributed by atoms with Gasteiger partial charge in [-0.1, -0.05) is 24.3 Å². The van der Waals surface area contributed by atoms with Crippen LogP contribution in [0.15, 0.2) is 48.5 Å². The van der Waals surface area contributed by atoms with Crippen LogP contribution in [0, 0.1) is 0 Å². The molecule has 1 aliphatic rings. The van der Waals surface area contributed by atoms with Gasteiger partial charge in [-0.3, -0.25) is 19.3 Å². The van der Waals surface area contributed by atoms with E-state index in [1.165, 1.54) is 11.8 Å². The Morgan fingerprint density at radius 2 is 1.96 bits per heavy atom. The molecule has 2 aromatic rings. The van der Waals surface area contributed by atoms with Crippen molar-refractivity contribution in [1.29, 1.82) is 0 Å². The van der Waals surface area contributed by atoms with Gasteiger partial charge in [-0.2, -0.15) is 0 Å². The fraction of sp³-hybridized carbons (Fsp3) is 0.167. The van der Waals surface area contributed by atoms with E-state index in [1.54, 1.807) is 48.5 Å². The van der Waals surface area contributed by atoms with E-state index in [-0.39, 0.29) is 30.7 Å². The van der Waals surface area contributed by atoms with Crippen molar-refractivity contribution in [3.8, 4) is 5.75 Å². The molecular formula is C18H16N2O4. The predicted molar refractivity (Wildman–Crippen MR) is 89.4 cm³/mol. The molecule has 0 unspecified atom stereocenters. The minimum Gasteiger partial charge on any atom is -0.482 e. The van der Waals surface area contributed by atoms with Gasteiger partial charge in [-0.25, -0.2) is 0 Å². The summed E-state index contributed by atoms with van der Waals surface area (Å²) in [6.07, 6.45) is 0. The van der Waals surface area contributed by atoms with Gasteiger partial charge in [-0.05, 0) is 31.2 Å². The third kappa shape index (κ3) is 3.27. The Balaban J connectivity index is 1.74. The van der Waals surface area contributed by atoms with Crippen molar-refractivity contribution < 1.29 is 19.1 Å². The number of hydrogen-bond acceptors (Lipinski definition) is 4. The summed E-state index contributed by atoms with van der Waals surface area (Å²) in [5.41, 5.74) is 1.60. The Kier molecular flexibility index (Phi) is 4.29. The minimum absolute atomic E-state index is 0.0802. The summed E-state index contributed by atoms with van der Waals surface area (Å²) in [7, 11) is 0. The molecule has 0 atom stereocenters. The van der Waals surface area contributed by atoms with E-state index in [0.29, 0.717) is 22.7 Å². The first-order valence-electron chi connectivity index (χ1n) is 7.47. The monoisotopic (exact) mass is 324 g/mol. The second kappa shape index (κ2) is 6.54. The van der Waals surface area contributed by atoms with E-state index < -0.39 is 0 Å². The highest BCUT2D eigenvalue weighted by Gasteiger charge is 2.26. The molecule has 0 fully saturated rings. The van der Waals surface area contributed by atoms with Crippen LogP contribution in [0.3, 0.4) is 0 Å². The number of para-hydroxylation sites is 2. The number of hydrogen-bond donors (Lipinski definition) is 1. The van der Waals surface area contributed by atoms with Gasteiger partial charge in [0.15, 0.2) is 12.4 Å². The predicted octanol–water partition coefficient (Wildman–Crippen LogP) is 2.25. The van der Waals surface area contributed by atoms with Crippen LogP contribution in [0.25, 0.3) is 0 Å². The maximum absolute atomic E-state index is 12.3. The number of ether oxygens (including phenoxy) is 1. The van der Waals surface area contributed by atoms with Crippen molar-refractivity contribution in [2.24, 2.45) is 0 Å². The number of anilines is 2. The molecular weight excluding hydrogens is 308 g/mol. The zero-order valence-corrected chi connectivity index (χ0v) is 13.1. The number of ketones is 1. The summed E-state index contributed by atoms with van der Waals surface area (Å²) in [4.78, 5) is 37.1. The molecule has 2 amide bonds. The van der Waals surface area contributed by atoms with Gasteiger partial charge in [0.2, 0.25) is 5.91 Å². The fourth-order valence-electron chi connectivity index (χ4n) is 2.49. The van der Waals surface area contributed by atoms with Gasteiger partial charge in [0.25, 0.3) is 5.91 Å². The fourth-order valence-corrected chi connectivity index (χ4v) is 2.49. The van der Waals surface area contributed by atoms with Crippen LogP contribution in [0.5, 0.6) is 5.75 Å². The van der Waals surface area contributed by atoms with Gasteiger partial charge in [0, 0.05) is 11.3 Å². The Labute approximate surface area is 139 Å². The number of nitrogens with one attached hydrogen (secondary N) is 1. The zero-order chi connectivity index (χ0) is 17.1. The number of carbonyl (C=O) groups excluding carboxylic acids is 3. The van der Waals surface area contributed by atoms with Crippen molar-refractivity contribution in [2.45, 2.75) is 6.92 Å². The Morgan fingerprint density at radius 1 is 1.17 bits per heavy atom. The van der Waals surface area contributed by atoms with E-state index in [9.17, 15) is 14.4 Å². The van der Waals surface area contributed by atoms with Gasteiger partial charge in [-0.15, -0.1) is 0 Å².